The summed E-state index contributed by atoms with van der Waals surface area (Å²) in [5, 5.41) is 11.1. The first-order chi connectivity index (χ1) is 7.27. The molecule has 86 valence electrons. The van der Waals surface area contributed by atoms with Gasteiger partial charge in [-0.3, -0.25) is 0 Å². The molecule has 4 heteroatoms. The summed E-state index contributed by atoms with van der Waals surface area (Å²) in [5.41, 5.74) is 0. The summed E-state index contributed by atoms with van der Waals surface area (Å²) >= 11 is 0. The van der Waals surface area contributed by atoms with E-state index in [-0.39, 0.29) is 6.04 Å². The van der Waals surface area contributed by atoms with Gasteiger partial charge in [0.25, 0.3) is 0 Å². The summed E-state index contributed by atoms with van der Waals surface area (Å²) in [7, 11) is 1.88. The predicted molar refractivity (Wildman–Crippen MR) is 59.6 cm³/mol. The minimum absolute atomic E-state index is 0.141. The highest BCUT2D eigenvalue weighted by molar-refractivity contribution is 4.87. The minimum Gasteiger partial charge on any atom is -0.424 e. The zero-order valence-electron chi connectivity index (χ0n) is 9.92. The van der Waals surface area contributed by atoms with Gasteiger partial charge in [0.1, 0.15) is 0 Å². The molecule has 0 aliphatic heterocycles. The lowest BCUT2D eigenvalue weighted by atomic mass is 10.1. The van der Waals surface area contributed by atoms with E-state index in [9.17, 15) is 0 Å². The monoisotopic (exact) mass is 211 g/mol. The van der Waals surface area contributed by atoms with E-state index in [2.05, 4.69) is 22.4 Å². The van der Waals surface area contributed by atoms with Crippen LogP contribution in [0.4, 0.5) is 0 Å². The van der Waals surface area contributed by atoms with Crippen molar-refractivity contribution in [1.82, 2.24) is 15.5 Å². The number of unbranched alkanes of at least 4 members (excludes halogenated alkanes) is 3. The van der Waals surface area contributed by atoms with Crippen molar-refractivity contribution in [1.29, 1.82) is 0 Å². The molecule has 0 spiro atoms. The molecule has 1 heterocycles. The van der Waals surface area contributed by atoms with E-state index in [0.29, 0.717) is 5.89 Å². The second-order valence-electron chi connectivity index (χ2n) is 3.86. The fourth-order valence-electron chi connectivity index (χ4n) is 1.37. The smallest absolute Gasteiger partial charge is 0.233 e. The first-order valence-corrected chi connectivity index (χ1v) is 5.77. The molecule has 1 aromatic heterocycles. The van der Waals surface area contributed by atoms with Crippen LogP contribution in [0.25, 0.3) is 0 Å². The Morgan fingerprint density at radius 2 is 2.07 bits per heavy atom. The van der Waals surface area contributed by atoms with Gasteiger partial charge in [-0.25, -0.2) is 0 Å². The molecule has 0 aliphatic rings. The summed E-state index contributed by atoms with van der Waals surface area (Å²) < 4.78 is 5.53. The molecule has 1 N–H and O–H groups in total. The van der Waals surface area contributed by atoms with Crippen molar-refractivity contribution in [2.24, 2.45) is 0 Å². The van der Waals surface area contributed by atoms with E-state index < -0.39 is 0 Å². The number of aromatic nitrogens is 2. The molecule has 0 saturated carbocycles. The Morgan fingerprint density at radius 3 is 2.73 bits per heavy atom. The van der Waals surface area contributed by atoms with Gasteiger partial charge >= 0.3 is 0 Å². The Balaban J connectivity index is 2.33. The summed E-state index contributed by atoms with van der Waals surface area (Å²) in [6.45, 7) is 4.22. The highest BCUT2D eigenvalue weighted by Crippen LogP contribution is 2.12. The Hall–Kier alpha value is -0.900. The second kappa shape index (κ2) is 6.56. The molecule has 1 rings (SSSR count). The molecule has 0 bridgehead atoms. The van der Waals surface area contributed by atoms with E-state index in [0.717, 1.165) is 18.7 Å². The molecule has 4 nitrogen and oxygen atoms in total. The quantitative estimate of drug-likeness (QED) is 0.704. The van der Waals surface area contributed by atoms with Crippen LogP contribution in [-0.4, -0.2) is 17.2 Å². The second-order valence-corrected chi connectivity index (χ2v) is 3.86. The Bertz CT molecular complexity index is 273. The minimum atomic E-state index is 0.141. The van der Waals surface area contributed by atoms with Crippen molar-refractivity contribution in [3.05, 3.63) is 11.8 Å². The van der Waals surface area contributed by atoms with Crippen LogP contribution in [-0.2, 0) is 6.42 Å². The fourth-order valence-corrected chi connectivity index (χ4v) is 1.37. The van der Waals surface area contributed by atoms with Crippen molar-refractivity contribution >= 4 is 0 Å². The van der Waals surface area contributed by atoms with Crippen molar-refractivity contribution < 1.29 is 4.42 Å². The first kappa shape index (κ1) is 12.2. The topological polar surface area (TPSA) is 51.0 Å². The third-order valence-corrected chi connectivity index (χ3v) is 2.53. The van der Waals surface area contributed by atoms with Gasteiger partial charge in [-0.1, -0.05) is 26.2 Å². The van der Waals surface area contributed by atoms with Gasteiger partial charge in [0.2, 0.25) is 11.8 Å². The molecule has 0 aromatic carbocycles. The zero-order chi connectivity index (χ0) is 11.1. The van der Waals surface area contributed by atoms with Gasteiger partial charge in [0.05, 0.1) is 6.04 Å². The SMILES string of the molecule is CCCCCCc1nnc(C(C)NC)o1. The number of nitrogens with one attached hydrogen (secondary N) is 1. The Morgan fingerprint density at radius 1 is 1.27 bits per heavy atom. The normalized spacial score (nSPS) is 13.0. The number of hydrogen-bond donors (Lipinski definition) is 1. The molecule has 1 unspecified atom stereocenters. The van der Waals surface area contributed by atoms with E-state index >= 15 is 0 Å². The molecular weight excluding hydrogens is 190 g/mol. The zero-order valence-corrected chi connectivity index (χ0v) is 9.92. The van der Waals surface area contributed by atoms with Crippen molar-refractivity contribution in [2.45, 2.75) is 52.0 Å². The maximum atomic E-state index is 5.53. The summed E-state index contributed by atoms with van der Waals surface area (Å²) in [6, 6.07) is 0.141. The van der Waals surface area contributed by atoms with Gasteiger partial charge in [0.15, 0.2) is 0 Å². The van der Waals surface area contributed by atoms with Crippen LogP contribution in [0.3, 0.4) is 0 Å². The predicted octanol–water partition coefficient (Wildman–Crippen LogP) is 2.47. The Kier molecular flexibility index (Phi) is 5.32. The molecule has 0 fully saturated rings. The molecule has 1 atom stereocenters. The van der Waals surface area contributed by atoms with E-state index in [1.54, 1.807) is 0 Å². The lowest BCUT2D eigenvalue weighted by Crippen LogP contribution is -2.12. The molecule has 0 radical (unpaired) electrons. The van der Waals surface area contributed by atoms with E-state index in [4.69, 9.17) is 4.42 Å². The highest BCUT2D eigenvalue weighted by Gasteiger charge is 2.11. The van der Waals surface area contributed by atoms with Crippen LogP contribution in [0.15, 0.2) is 4.42 Å². The molecule has 1 aromatic rings. The van der Waals surface area contributed by atoms with Gasteiger partial charge < -0.3 is 9.73 Å². The van der Waals surface area contributed by atoms with Gasteiger partial charge in [0, 0.05) is 6.42 Å². The number of hydrogen-bond acceptors (Lipinski definition) is 4. The lowest BCUT2D eigenvalue weighted by molar-refractivity contribution is 0.400. The largest absolute Gasteiger partial charge is 0.424 e. The number of rotatable bonds is 7. The van der Waals surface area contributed by atoms with E-state index in [1.807, 2.05) is 14.0 Å². The van der Waals surface area contributed by atoms with E-state index in [1.165, 1.54) is 19.3 Å². The summed E-state index contributed by atoms with van der Waals surface area (Å²) in [5.74, 6) is 1.45. The fraction of sp³-hybridized carbons (Fsp3) is 0.818. The summed E-state index contributed by atoms with van der Waals surface area (Å²) in [6.07, 6.45) is 5.84. The van der Waals surface area contributed by atoms with Gasteiger partial charge in [-0.15, -0.1) is 10.2 Å². The van der Waals surface area contributed by atoms with Crippen LogP contribution >= 0.6 is 0 Å². The highest BCUT2D eigenvalue weighted by atomic mass is 16.4. The maximum absolute atomic E-state index is 5.53. The molecule has 0 saturated heterocycles. The van der Waals surface area contributed by atoms with Crippen molar-refractivity contribution in [3.8, 4) is 0 Å². The molecular formula is C11H21N3O. The van der Waals surface area contributed by atoms with Crippen LogP contribution in [0.1, 0.15) is 57.4 Å². The maximum Gasteiger partial charge on any atom is 0.233 e. The average molecular weight is 211 g/mol. The van der Waals surface area contributed by atoms with Gasteiger partial charge in [-0.05, 0) is 20.4 Å². The number of aryl methyl sites for hydroxylation is 1. The number of nitrogens with zero attached hydrogens (tertiary/aromatic N) is 2. The molecule has 0 amide bonds. The van der Waals surface area contributed by atoms with Crippen LogP contribution in [0, 0.1) is 0 Å². The Labute approximate surface area is 91.5 Å². The summed E-state index contributed by atoms with van der Waals surface area (Å²) in [4.78, 5) is 0. The van der Waals surface area contributed by atoms with Crippen LogP contribution in [0.5, 0.6) is 0 Å². The third-order valence-electron chi connectivity index (χ3n) is 2.53. The molecule has 15 heavy (non-hydrogen) atoms. The first-order valence-electron chi connectivity index (χ1n) is 5.77. The lowest BCUT2D eigenvalue weighted by Gasteiger charge is -2.02. The van der Waals surface area contributed by atoms with Crippen molar-refractivity contribution in [3.63, 3.8) is 0 Å². The average Bonchev–Trinajstić information content (AvgIpc) is 2.72. The third kappa shape index (κ3) is 4.00. The van der Waals surface area contributed by atoms with Crippen molar-refractivity contribution in [2.75, 3.05) is 7.05 Å². The standard InChI is InChI=1S/C11H21N3O/c1-4-5-6-7-8-10-13-14-11(15-10)9(2)12-3/h9,12H,4-8H2,1-3H3. The van der Waals surface area contributed by atoms with Crippen LogP contribution < -0.4 is 5.32 Å². The molecule has 0 aliphatic carbocycles. The van der Waals surface area contributed by atoms with Crippen LogP contribution in [0.2, 0.25) is 0 Å². The van der Waals surface area contributed by atoms with Gasteiger partial charge in [-0.2, -0.15) is 0 Å².